The van der Waals surface area contributed by atoms with E-state index in [1.54, 1.807) is 37.3 Å². The van der Waals surface area contributed by atoms with Crippen LogP contribution in [0.15, 0.2) is 47.4 Å². The molecule has 0 aliphatic carbocycles. The summed E-state index contributed by atoms with van der Waals surface area (Å²) in [6.07, 6.45) is 0.805. The molecule has 26 heavy (non-hydrogen) atoms. The summed E-state index contributed by atoms with van der Waals surface area (Å²) >= 11 is 0. The van der Waals surface area contributed by atoms with Crippen LogP contribution in [-0.4, -0.2) is 35.0 Å². The van der Waals surface area contributed by atoms with E-state index in [4.69, 9.17) is 4.74 Å². The van der Waals surface area contributed by atoms with Crippen LogP contribution in [0.25, 0.3) is 0 Å². The maximum atomic E-state index is 13.0. The summed E-state index contributed by atoms with van der Waals surface area (Å²) in [5.74, 6) is 0.174. The Bertz CT molecular complexity index is 894. The first-order valence-corrected chi connectivity index (χ1v) is 9.77. The number of nitrogens with zero attached hydrogens (tertiary/aromatic N) is 1. The highest BCUT2D eigenvalue weighted by atomic mass is 32.2. The minimum absolute atomic E-state index is 0.0538. The van der Waals surface area contributed by atoms with Gasteiger partial charge in [0.15, 0.2) is 0 Å². The van der Waals surface area contributed by atoms with Crippen molar-refractivity contribution in [3.05, 3.63) is 53.6 Å². The first kappa shape index (κ1) is 19.8. The number of benzene rings is 2. The molecule has 7 heteroatoms. The standard InChI is InChI=1S/C19H24N2O4S/c1-5-12-20-19(22)16-13-15(11-10-14(16)2)26(23,24)21(3)17-8-6-7-9-18(17)25-4/h6-11,13H,5,12H2,1-4H3,(H,20,22). The summed E-state index contributed by atoms with van der Waals surface area (Å²) < 4.78 is 32.5. The molecule has 0 saturated heterocycles. The maximum Gasteiger partial charge on any atom is 0.264 e. The number of ether oxygens (including phenoxy) is 1. The molecule has 0 radical (unpaired) electrons. The molecule has 0 aliphatic rings. The number of carbonyl (C=O) groups is 1. The van der Waals surface area contributed by atoms with E-state index in [9.17, 15) is 13.2 Å². The molecule has 0 unspecified atom stereocenters. The topological polar surface area (TPSA) is 75.7 Å². The van der Waals surface area contributed by atoms with Crippen LogP contribution in [-0.2, 0) is 10.0 Å². The number of methoxy groups -OCH3 is 1. The van der Waals surface area contributed by atoms with Crippen molar-refractivity contribution in [3.63, 3.8) is 0 Å². The largest absolute Gasteiger partial charge is 0.495 e. The van der Waals surface area contributed by atoms with Crippen LogP contribution in [0.4, 0.5) is 5.69 Å². The fraction of sp³-hybridized carbons (Fsp3) is 0.316. The van der Waals surface area contributed by atoms with Crippen molar-refractivity contribution in [1.82, 2.24) is 5.32 Å². The van der Waals surface area contributed by atoms with Crippen LogP contribution in [0.2, 0.25) is 0 Å². The summed E-state index contributed by atoms with van der Waals surface area (Å²) in [6, 6.07) is 11.4. The van der Waals surface area contributed by atoms with Gasteiger partial charge in [-0.1, -0.05) is 25.1 Å². The fourth-order valence-corrected chi connectivity index (χ4v) is 3.75. The second kappa shape index (κ2) is 8.23. The third-order valence-electron chi connectivity index (χ3n) is 4.07. The molecule has 2 aromatic rings. The zero-order valence-electron chi connectivity index (χ0n) is 15.4. The lowest BCUT2D eigenvalue weighted by molar-refractivity contribution is 0.0953. The third-order valence-corrected chi connectivity index (χ3v) is 5.84. The molecule has 0 atom stereocenters. The van der Waals surface area contributed by atoms with Crippen LogP contribution < -0.4 is 14.4 Å². The molecule has 1 N–H and O–H groups in total. The van der Waals surface area contributed by atoms with E-state index < -0.39 is 10.0 Å². The van der Waals surface area contributed by atoms with E-state index in [1.165, 1.54) is 26.3 Å². The Kier molecular flexibility index (Phi) is 6.26. The predicted molar refractivity (Wildman–Crippen MR) is 102 cm³/mol. The molecule has 2 aromatic carbocycles. The van der Waals surface area contributed by atoms with Gasteiger partial charge in [-0.2, -0.15) is 0 Å². The van der Waals surface area contributed by atoms with Gasteiger partial charge in [-0.25, -0.2) is 8.42 Å². The molecule has 140 valence electrons. The van der Waals surface area contributed by atoms with Crippen LogP contribution in [0.1, 0.15) is 29.3 Å². The molecule has 0 saturated carbocycles. The quantitative estimate of drug-likeness (QED) is 0.806. The number of anilines is 1. The number of hydrogen-bond acceptors (Lipinski definition) is 4. The number of rotatable bonds is 7. The Morgan fingerprint density at radius 1 is 1.19 bits per heavy atom. The zero-order valence-corrected chi connectivity index (χ0v) is 16.3. The Hall–Kier alpha value is -2.54. The van der Waals surface area contributed by atoms with E-state index in [2.05, 4.69) is 5.32 Å². The van der Waals surface area contributed by atoms with Gasteiger partial charge in [0, 0.05) is 19.2 Å². The van der Waals surface area contributed by atoms with Crippen molar-refractivity contribution >= 4 is 21.6 Å². The maximum absolute atomic E-state index is 13.0. The number of sulfonamides is 1. The summed E-state index contributed by atoms with van der Waals surface area (Å²) in [4.78, 5) is 12.4. The highest BCUT2D eigenvalue weighted by Crippen LogP contribution is 2.31. The number of hydrogen-bond donors (Lipinski definition) is 1. The average molecular weight is 376 g/mol. The summed E-state index contributed by atoms with van der Waals surface area (Å²) in [6.45, 7) is 4.27. The number of para-hydroxylation sites is 2. The molecule has 0 aliphatic heterocycles. The van der Waals surface area contributed by atoms with E-state index >= 15 is 0 Å². The van der Waals surface area contributed by atoms with Crippen LogP contribution in [0.5, 0.6) is 5.75 Å². The third kappa shape index (κ3) is 3.99. The Morgan fingerprint density at radius 2 is 1.88 bits per heavy atom. The first-order valence-electron chi connectivity index (χ1n) is 8.33. The van der Waals surface area contributed by atoms with Gasteiger partial charge in [0.05, 0.1) is 17.7 Å². The van der Waals surface area contributed by atoms with Crippen molar-refractivity contribution in [2.24, 2.45) is 0 Å². The lowest BCUT2D eigenvalue weighted by Crippen LogP contribution is -2.28. The van der Waals surface area contributed by atoms with Gasteiger partial charge in [0.25, 0.3) is 15.9 Å². The van der Waals surface area contributed by atoms with Gasteiger partial charge in [-0.15, -0.1) is 0 Å². The minimum Gasteiger partial charge on any atom is -0.495 e. The zero-order chi connectivity index (χ0) is 19.3. The molecule has 0 spiro atoms. The SMILES string of the molecule is CCCNC(=O)c1cc(S(=O)(=O)N(C)c2ccccc2OC)ccc1C. The van der Waals surface area contributed by atoms with Crippen LogP contribution >= 0.6 is 0 Å². The van der Waals surface area contributed by atoms with Crippen LogP contribution in [0, 0.1) is 6.92 Å². The van der Waals surface area contributed by atoms with Gasteiger partial charge in [-0.05, 0) is 43.2 Å². The number of nitrogens with one attached hydrogen (secondary N) is 1. The lowest BCUT2D eigenvalue weighted by atomic mass is 10.1. The van der Waals surface area contributed by atoms with Crippen molar-refractivity contribution in [2.45, 2.75) is 25.2 Å². The monoisotopic (exact) mass is 376 g/mol. The molecule has 0 heterocycles. The minimum atomic E-state index is -3.84. The molecule has 6 nitrogen and oxygen atoms in total. The summed E-state index contributed by atoms with van der Waals surface area (Å²) in [5.41, 5.74) is 1.50. The van der Waals surface area contributed by atoms with Gasteiger partial charge in [-0.3, -0.25) is 9.10 Å². The first-order chi connectivity index (χ1) is 12.3. The van der Waals surface area contributed by atoms with Gasteiger partial charge < -0.3 is 10.1 Å². The van der Waals surface area contributed by atoms with Crippen molar-refractivity contribution in [1.29, 1.82) is 0 Å². The molecular formula is C19H24N2O4S. The van der Waals surface area contributed by atoms with E-state index in [-0.39, 0.29) is 10.8 Å². The summed E-state index contributed by atoms with van der Waals surface area (Å²) in [7, 11) is -0.895. The number of carbonyl (C=O) groups excluding carboxylic acids is 1. The Labute approximate surface area is 154 Å². The number of aryl methyl sites for hydroxylation is 1. The van der Waals surface area contributed by atoms with E-state index in [0.29, 0.717) is 23.5 Å². The molecule has 0 bridgehead atoms. The fourth-order valence-electron chi connectivity index (χ4n) is 2.52. The molecular weight excluding hydrogens is 352 g/mol. The normalized spacial score (nSPS) is 11.1. The smallest absolute Gasteiger partial charge is 0.264 e. The van der Waals surface area contributed by atoms with Crippen molar-refractivity contribution in [3.8, 4) is 5.75 Å². The average Bonchev–Trinajstić information content (AvgIpc) is 2.65. The molecule has 2 rings (SSSR count). The Balaban J connectivity index is 2.44. The van der Waals surface area contributed by atoms with Gasteiger partial charge in [0.1, 0.15) is 5.75 Å². The summed E-state index contributed by atoms with van der Waals surface area (Å²) in [5, 5.41) is 2.78. The Morgan fingerprint density at radius 3 is 2.54 bits per heavy atom. The second-order valence-corrected chi connectivity index (χ2v) is 7.85. The molecule has 0 aromatic heterocycles. The van der Waals surface area contributed by atoms with Gasteiger partial charge in [0.2, 0.25) is 0 Å². The van der Waals surface area contributed by atoms with Gasteiger partial charge >= 0.3 is 0 Å². The highest BCUT2D eigenvalue weighted by Gasteiger charge is 2.25. The molecule has 1 amide bonds. The van der Waals surface area contributed by atoms with E-state index in [0.717, 1.165) is 16.3 Å². The predicted octanol–water partition coefficient (Wildman–Crippen LogP) is 2.97. The van der Waals surface area contributed by atoms with E-state index in [1.807, 2.05) is 6.92 Å². The number of amides is 1. The van der Waals surface area contributed by atoms with Crippen LogP contribution in [0.3, 0.4) is 0 Å². The second-order valence-electron chi connectivity index (χ2n) is 5.88. The van der Waals surface area contributed by atoms with Crippen molar-refractivity contribution in [2.75, 3.05) is 25.0 Å². The highest BCUT2D eigenvalue weighted by molar-refractivity contribution is 7.92. The lowest BCUT2D eigenvalue weighted by Gasteiger charge is -2.22. The molecule has 0 fully saturated rings. The van der Waals surface area contributed by atoms with Crippen molar-refractivity contribution < 1.29 is 17.9 Å².